The van der Waals surface area contributed by atoms with E-state index in [-0.39, 0.29) is 47.3 Å². The first-order chi connectivity index (χ1) is 20.3. The number of aromatic nitrogens is 3. The molecule has 0 bridgehead atoms. The Bertz CT molecular complexity index is 1750. The van der Waals surface area contributed by atoms with Gasteiger partial charge in [0.15, 0.2) is 11.5 Å². The first-order valence-electron chi connectivity index (χ1n) is 12.8. The van der Waals surface area contributed by atoms with Gasteiger partial charge in [0, 0.05) is 29.8 Å². The van der Waals surface area contributed by atoms with Crippen LogP contribution < -0.4 is 11.1 Å². The standard InChI is InChI=1S/C29H21F6N5O3/c30-16-8-14(9-17(31)12-16)10-22(25-18(2-1-7-37-25)15-3-5-21(32)20(11-15)28(36)43)38-24(42)13-40-26-19(4-6-23(26)41)27(39-40)29(33,34)35/h1-3,5,7-9,11-12,22H,4,6,10,13H2,(H2,36,43)(H,38,42)/t22-/m0/s1. The normalized spacial score (nSPS) is 13.6. The highest BCUT2D eigenvalue weighted by Gasteiger charge is 2.42. The number of Topliss-reactive ketones (excluding diaryl/α,β-unsaturated/α-hetero) is 1. The molecule has 3 N–H and O–H groups in total. The van der Waals surface area contributed by atoms with Crippen LogP contribution >= 0.6 is 0 Å². The minimum absolute atomic E-state index is 0.103. The number of nitrogens with two attached hydrogens (primary N) is 1. The van der Waals surface area contributed by atoms with E-state index < -0.39 is 65.1 Å². The van der Waals surface area contributed by atoms with Crippen molar-refractivity contribution in [3.8, 4) is 11.1 Å². The van der Waals surface area contributed by atoms with Gasteiger partial charge in [0.1, 0.15) is 29.7 Å². The Kier molecular flexibility index (Phi) is 7.78. The summed E-state index contributed by atoms with van der Waals surface area (Å²) in [6, 6.07) is 8.15. The molecule has 0 aliphatic heterocycles. The van der Waals surface area contributed by atoms with Crippen molar-refractivity contribution in [2.75, 3.05) is 0 Å². The molecule has 0 unspecified atom stereocenters. The molecule has 0 radical (unpaired) electrons. The fraction of sp³-hybridized carbons (Fsp3) is 0.207. The fourth-order valence-electron chi connectivity index (χ4n) is 5.12. The summed E-state index contributed by atoms with van der Waals surface area (Å²) in [6.07, 6.45) is -4.05. The zero-order chi connectivity index (χ0) is 31.1. The van der Waals surface area contributed by atoms with Crippen LogP contribution in [-0.2, 0) is 30.4 Å². The Labute approximate surface area is 239 Å². The summed E-state index contributed by atoms with van der Waals surface area (Å²) in [5.74, 6) is -5.17. The van der Waals surface area contributed by atoms with Gasteiger partial charge in [0.25, 0.3) is 5.91 Å². The van der Waals surface area contributed by atoms with Crippen molar-refractivity contribution in [1.29, 1.82) is 0 Å². The monoisotopic (exact) mass is 601 g/mol. The van der Waals surface area contributed by atoms with Crippen LogP contribution in [-0.4, -0.2) is 32.4 Å². The number of pyridine rings is 1. The summed E-state index contributed by atoms with van der Waals surface area (Å²) in [5, 5.41) is 6.11. The molecule has 2 heterocycles. The van der Waals surface area contributed by atoms with Gasteiger partial charge < -0.3 is 11.1 Å². The third-order valence-corrected chi connectivity index (χ3v) is 6.89. The van der Waals surface area contributed by atoms with Crippen LogP contribution in [0.25, 0.3) is 11.1 Å². The summed E-state index contributed by atoms with van der Waals surface area (Å²) < 4.78 is 83.6. The number of primary amides is 1. The van der Waals surface area contributed by atoms with Crippen molar-refractivity contribution in [3.05, 3.63) is 106 Å². The quantitative estimate of drug-likeness (QED) is 0.284. The largest absolute Gasteiger partial charge is 0.435 e. The fourth-order valence-corrected chi connectivity index (χ4v) is 5.12. The minimum atomic E-state index is -4.85. The van der Waals surface area contributed by atoms with Crippen molar-refractivity contribution >= 4 is 17.6 Å². The molecule has 5 rings (SSSR count). The highest BCUT2D eigenvalue weighted by Crippen LogP contribution is 2.36. The predicted molar refractivity (Wildman–Crippen MR) is 139 cm³/mol. The second kappa shape index (κ2) is 11.3. The van der Waals surface area contributed by atoms with Gasteiger partial charge in [-0.05, 0) is 54.3 Å². The lowest BCUT2D eigenvalue weighted by molar-refractivity contribution is -0.142. The first-order valence-corrected chi connectivity index (χ1v) is 12.8. The Morgan fingerprint density at radius 1 is 1.02 bits per heavy atom. The lowest BCUT2D eigenvalue weighted by atomic mass is 9.94. The van der Waals surface area contributed by atoms with E-state index in [4.69, 9.17) is 5.73 Å². The van der Waals surface area contributed by atoms with Gasteiger partial charge >= 0.3 is 6.18 Å². The predicted octanol–water partition coefficient (Wildman–Crippen LogP) is 4.71. The number of amides is 2. The molecule has 0 spiro atoms. The van der Waals surface area contributed by atoms with Crippen LogP contribution in [0.3, 0.4) is 0 Å². The van der Waals surface area contributed by atoms with Gasteiger partial charge in [-0.2, -0.15) is 18.3 Å². The summed E-state index contributed by atoms with van der Waals surface area (Å²) >= 11 is 0. The van der Waals surface area contributed by atoms with Crippen molar-refractivity contribution in [2.24, 2.45) is 5.73 Å². The van der Waals surface area contributed by atoms with Crippen LogP contribution in [0, 0.1) is 17.5 Å². The Morgan fingerprint density at radius 2 is 1.74 bits per heavy atom. The van der Waals surface area contributed by atoms with Gasteiger partial charge in [-0.1, -0.05) is 12.1 Å². The number of hydrogen-bond acceptors (Lipinski definition) is 5. The highest BCUT2D eigenvalue weighted by molar-refractivity contribution is 5.99. The van der Waals surface area contributed by atoms with Crippen LogP contribution in [0.4, 0.5) is 26.3 Å². The molecule has 0 fully saturated rings. The van der Waals surface area contributed by atoms with Crippen LogP contribution in [0.15, 0.2) is 54.7 Å². The van der Waals surface area contributed by atoms with Gasteiger partial charge in [-0.15, -0.1) is 0 Å². The van der Waals surface area contributed by atoms with E-state index in [1.807, 2.05) is 0 Å². The maximum absolute atomic E-state index is 14.2. The number of halogens is 6. The van der Waals surface area contributed by atoms with E-state index in [1.54, 1.807) is 6.07 Å². The minimum Gasteiger partial charge on any atom is -0.366 e. The summed E-state index contributed by atoms with van der Waals surface area (Å²) in [6.45, 7) is -0.775. The first kappa shape index (κ1) is 29.5. The van der Waals surface area contributed by atoms with Crippen LogP contribution in [0.1, 0.15) is 55.8 Å². The molecule has 4 aromatic rings. The van der Waals surface area contributed by atoms with E-state index in [0.717, 1.165) is 18.2 Å². The molecular weight excluding hydrogens is 580 g/mol. The molecule has 222 valence electrons. The Balaban J connectivity index is 1.54. The molecule has 1 aliphatic rings. The second-order valence-corrected chi connectivity index (χ2v) is 9.85. The lowest BCUT2D eigenvalue weighted by Crippen LogP contribution is -2.34. The van der Waals surface area contributed by atoms with E-state index >= 15 is 0 Å². The molecule has 2 aromatic carbocycles. The number of alkyl halides is 3. The molecular formula is C29H21F6N5O3. The number of rotatable bonds is 8. The Morgan fingerprint density at radius 3 is 2.42 bits per heavy atom. The third-order valence-electron chi connectivity index (χ3n) is 6.89. The molecule has 0 saturated carbocycles. The van der Waals surface area contributed by atoms with Gasteiger partial charge in [-0.25, -0.2) is 13.2 Å². The van der Waals surface area contributed by atoms with Gasteiger partial charge in [0.2, 0.25) is 5.91 Å². The lowest BCUT2D eigenvalue weighted by Gasteiger charge is -2.22. The van der Waals surface area contributed by atoms with Gasteiger partial charge in [-0.3, -0.25) is 24.0 Å². The zero-order valence-corrected chi connectivity index (χ0v) is 22.0. The van der Waals surface area contributed by atoms with Crippen LogP contribution in [0.2, 0.25) is 0 Å². The van der Waals surface area contributed by atoms with E-state index in [9.17, 15) is 40.7 Å². The number of carbonyl (C=O) groups excluding carboxylic acids is 3. The number of fused-ring (bicyclic) bond motifs is 1. The molecule has 8 nitrogen and oxygen atoms in total. The average molecular weight is 602 g/mol. The smallest absolute Gasteiger partial charge is 0.366 e. The number of hydrogen-bond donors (Lipinski definition) is 2. The maximum Gasteiger partial charge on any atom is 0.435 e. The molecule has 2 aromatic heterocycles. The molecule has 43 heavy (non-hydrogen) atoms. The summed E-state index contributed by atoms with van der Waals surface area (Å²) in [7, 11) is 0. The SMILES string of the molecule is NC(=O)c1cc(-c2cccnc2[C@H](Cc2cc(F)cc(F)c2)NC(=O)Cn2nc(C(F)(F)F)c3c2C(=O)CC3)ccc1F. The topological polar surface area (TPSA) is 120 Å². The Hall–Kier alpha value is -5.01. The second-order valence-electron chi connectivity index (χ2n) is 9.85. The highest BCUT2D eigenvalue weighted by atomic mass is 19.4. The zero-order valence-electron chi connectivity index (χ0n) is 22.0. The molecule has 1 atom stereocenters. The van der Waals surface area contributed by atoms with Crippen molar-refractivity contribution < 1.29 is 40.7 Å². The number of benzene rings is 2. The number of carbonyl (C=O) groups is 3. The van der Waals surface area contributed by atoms with Crippen molar-refractivity contribution in [2.45, 2.75) is 38.0 Å². The van der Waals surface area contributed by atoms with Crippen molar-refractivity contribution in [1.82, 2.24) is 20.1 Å². The average Bonchev–Trinajstić information content (AvgIpc) is 3.48. The number of ketones is 1. The van der Waals surface area contributed by atoms with E-state index in [2.05, 4.69) is 15.4 Å². The maximum atomic E-state index is 14.2. The molecule has 2 amide bonds. The number of nitrogens with zero attached hydrogens (tertiary/aromatic N) is 3. The van der Waals surface area contributed by atoms with E-state index in [0.29, 0.717) is 16.3 Å². The van der Waals surface area contributed by atoms with E-state index in [1.165, 1.54) is 24.4 Å². The summed E-state index contributed by atoms with van der Waals surface area (Å²) in [5.41, 5.74) is 3.81. The van der Waals surface area contributed by atoms with Gasteiger partial charge in [0.05, 0.1) is 17.3 Å². The van der Waals surface area contributed by atoms with Crippen LogP contribution in [0.5, 0.6) is 0 Å². The molecule has 1 aliphatic carbocycles. The summed E-state index contributed by atoms with van der Waals surface area (Å²) in [4.78, 5) is 41.7. The van der Waals surface area contributed by atoms with Crippen molar-refractivity contribution in [3.63, 3.8) is 0 Å². The third kappa shape index (κ3) is 6.12. The molecule has 0 saturated heterocycles. The number of nitrogens with one attached hydrogen (secondary N) is 1. The molecule has 14 heteroatoms.